The number of piperidine rings is 1. The van der Waals surface area contributed by atoms with Gasteiger partial charge in [0.2, 0.25) is 10.0 Å². The van der Waals surface area contributed by atoms with Crippen molar-refractivity contribution in [2.24, 2.45) is 5.14 Å². The van der Waals surface area contributed by atoms with Gasteiger partial charge in [0.15, 0.2) is 0 Å². The van der Waals surface area contributed by atoms with Crippen molar-refractivity contribution < 1.29 is 8.42 Å². The molecule has 0 aromatic heterocycles. The van der Waals surface area contributed by atoms with Gasteiger partial charge in [0, 0.05) is 31.4 Å². The van der Waals surface area contributed by atoms with Gasteiger partial charge in [0.25, 0.3) is 0 Å². The molecule has 1 aliphatic rings. The van der Waals surface area contributed by atoms with Crippen LogP contribution >= 0.6 is 0 Å². The second kappa shape index (κ2) is 8.20. The summed E-state index contributed by atoms with van der Waals surface area (Å²) >= 11 is 0. The Morgan fingerprint density at radius 3 is 2.23 bits per heavy atom. The third-order valence-corrected chi connectivity index (χ3v) is 5.91. The van der Waals surface area contributed by atoms with Gasteiger partial charge >= 0.3 is 0 Å². The summed E-state index contributed by atoms with van der Waals surface area (Å²) in [5.41, 5.74) is 3.61. The number of hydrogen-bond donors (Lipinski definition) is 2. The third kappa shape index (κ3) is 5.30. The molecular formula is C20H27N3O2S. The maximum Gasteiger partial charge on any atom is 0.238 e. The summed E-state index contributed by atoms with van der Waals surface area (Å²) in [6.07, 6.45) is 3.19. The summed E-state index contributed by atoms with van der Waals surface area (Å²) in [6.45, 7) is 5.26. The SMILES string of the molecule is Cc1ccc(NC2CCN(CCc3ccc(S(N)(=O)=O)cc3)CC2)cc1. The number of nitrogens with two attached hydrogens (primary N) is 1. The van der Waals surface area contributed by atoms with Crippen molar-refractivity contribution in [2.75, 3.05) is 25.0 Å². The van der Waals surface area contributed by atoms with E-state index in [-0.39, 0.29) is 4.90 Å². The quantitative estimate of drug-likeness (QED) is 0.816. The first kappa shape index (κ1) is 18.9. The van der Waals surface area contributed by atoms with Crippen molar-refractivity contribution in [3.63, 3.8) is 0 Å². The van der Waals surface area contributed by atoms with Crippen LogP contribution in [0.3, 0.4) is 0 Å². The molecule has 0 radical (unpaired) electrons. The van der Waals surface area contributed by atoms with E-state index in [1.165, 1.54) is 11.3 Å². The average Bonchev–Trinajstić information content (AvgIpc) is 2.63. The predicted molar refractivity (Wildman–Crippen MR) is 106 cm³/mol. The molecule has 140 valence electrons. The topological polar surface area (TPSA) is 75.4 Å². The van der Waals surface area contributed by atoms with Gasteiger partial charge in [-0.25, -0.2) is 13.6 Å². The van der Waals surface area contributed by atoms with E-state index in [0.29, 0.717) is 6.04 Å². The van der Waals surface area contributed by atoms with Crippen molar-refractivity contribution in [2.45, 2.75) is 37.1 Å². The summed E-state index contributed by atoms with van der Waals surface area (Å²) < 4.78 is 22.6. The van der Waals surface area contributed by atoms with Gasteiger partial charge < -0.3 is 10.2 Å². The van der Waals surface area contributed by atoms with Crippen LogP contribution in [0.4, 0.5) is 5.69 Å². The molecule has 1 heterocycles. The highest BCUT2D eigenvalue weighted by Crippen LogP contribution is 2.18. The number of sulfonamides is 1. The van der Waals surface area contributed by atoms with E-state index < -0.39 is 10.0 Å². The van der Waals surface area contributed by atoms with Gasteiger partial charge in [0.1, 0.15) is 0 Å². The fourth-order valence-corrected chi connectivity index (χ4v) is 3.83. The molecule has 1 fully saturated rings. The maximum absolute atomic E-state index is 11.3. The number of hydrogen-bond acceptors (Lipinski definition) is 4. The normalized spacial score (nSPS) is 16.5. The molecule has 0 amide bonds. The lowest BCUT2D eigenvalue weighted by molar-refractivity contribution is 0.221. The zero-order valence-electron chi connectivity index (χ0n) is 15.2. The standard InChI is InChI=1S/C20H27N3O2S/c1-16-2-6-18(7-3-16)22-19-11-14-23(15-12-19)13-10-17-4-8-20(9-5-17)26(21,24)25/h2-9,19,22H,10-15H2,1H3,(H2,21,24,25). The molecule has 3 rings (SSSR count). The van der Waals surface area contributed by atoms with Crippen LogP contribution in [0.2, 0.25) is 0 Å². The molecule has 26 heavy (non-hydrogen) atoms. The van der Waals surface area contributed by atoms with Gasteiger partial charge in [0.05, 0.1) is 4.90 Å². The molecule has 2 aromatic rings. The number of likely N-dealkylation sites (tertiary alicyclic amines) is 1. The minimum absolute atomic E-state index is 0.171. The van der Waals surface area contributed by atoms with E-state index >= 15 is 0 Å². The largest absolute Gasteiger partial charge is 0.382 e. The summed E-state index contributed by atoms with van der Waals surface area (Å²) in [6, 6.07) is 16.0. The number of anilines is 1. The van der Waals surface area contributed by atoms with Gasteiger partial charge in [-0.3, -0.25) is 0 Å². The lowest BCUT2D eigenvalue weighted by Gasteiger charge is -2.33. The Labute approximate surface area is 156 Å². The molecule has 0 aliphatic carbocycles. The van der Waals surface area contributed by atoms with Gasteiger partial charge in [-0.1, -0.05) is 29.8 Å². The first-order chi connectivity index (χ1) is 12.4. The highest BCUT2D eigenvalue weighted by Gasteiger charge is 2.18. The van der Waals surface area contributed by atoms with Gasteiger partial charge in [-0.05, 0) is 56.0 Å². The Bertz CT molecular complexity index is 809. The highest BCUT2D eigenvalue weighted by atomic mass is 32.2. The zero-order chi connectivity index (χ0) is 18.6. The number of primary sulfonamides is 1. The van der Waals surface area contributed by atoms with Crippen LogP contribution in [0.15, 0.2) is 53.4 Å². The van der Waals surface area contributed by atoms with Crippen LogP contribution in [-0.2, 0) is 16.4 Å². The van der Waals surface area contributed by atoms with Crippen LogP contribution in [-0.4, -0.2) is 39.0 Å². The van der Waals surface area contributed by atoms with E-state index in [0.717, 1.165) is 44.5 Å². The highest BCUT2D eigenvalue weighted by molar-refractivity contribution is 7.89. The second-order valence-corrected chi connectivity index (χ2v) is 8.63. The van der Waals surface area contributed by atoms with E-state index in [9.17, 15) is 8.42 Å². The van der Waals surface area contributed by atoms with Crippen molar-refractivity contribution >= 4 is 15.7 Å². The predicted octanol–water partition coefficient (Wildman–Crippen LogP) is 2.76. The molecule has 0 bridgehead atoms. The van der Waals surface area contributed by atoms with Gasteiger partial charge in [-0.2, -0.15) is 0 Å². The van der Waals surface area contributed by atoms with Crippen LogP contribution in [0.1, 0.15) is 24.0 Å². The first-order valence-electron chi connectivity index (χ1n) is 9.07. The van der Waals surface area contributed by atoms with Gasteiger partial charge in [-0.15, -0.1) is 0 Å². The molecule has 3 N–H and O–H groups in total. The van der Waals surface area contributed by atoms with E-state index in [2.05, 4.69) is 41.4 Å². The average molecular weight is 374 g/mol. The molecule has 0 unspecified atom stereocenters. The van der Waals surface area contributed by atoms with E-state index in [1.807, 2.05) is 12.1 Å². The summed E-state index contributed by atoms with van der Waals surface area (Å²) in [7, 11) is -3.61. The van der Waals surface area contributed by atoms with Crippen LogP contribution < -0.4 is 10.5 Å². The lowest BCUT2D eigenvalue weighted by Crippen LogP contribution is -2.40. The smallest absolute Gasteiger partial charge is 0.238 e. The fourth-order valence-electron chi connectivity index (χ4n) is 3.32. The Kier molecular flexibility index (Phi) is 5.96. The van der Waals surface area contributed by atoms with Crippen molar-refractivity contribution in [3.8, 4) is 0 Å². The van der Waals surface area contributed by atoms with Crippen molar-refractivity contribution in [1.82, 2.24) is 4.90 Å². The second-order valence-electron chi connectivity index (χ2n) is 7.07. The molecule has 0 saturated carbocycles. The van der Waals surface area contributed by atoms with Crippen LogP contribution in [0, 0.1) is 6.92 Å². The van der Waals surface area contributed by atoms with E-state index in [1.54, 1.807) is 12.1 Å². The Morgan fingerprint density at radius 2 is 1.65 bits per heavy atom. The minimum Gasteiger partial charge on any atom is -0.382 e. The molecule has 2 aromatic carbocycles. The fraction of sp³-hybridized carbons (Fsp3) is 0.400. The number of benzene rings is 2. The van der Waals surface area contributed by atoms with E-state index in [4.69, 9.17) is 5.14 Å². The van der Waals surface area contributed by atoms with Crippen molar-refractivity contribution in [1.29, 1.82) is 0 Å². The van der Waals surface area contributed by atoms with Crippen LogP contribution in [0.25, 0.3) is 0 Å². The van der Waals surface area contributed by atoms with Crippen LogP contribution in [0.5, 0.6) is 0 Å². The van der Waals surface area contributed by atoms with Crippen molar-refractivity contribution in [3.05, 3.63) is 59.7 Å². The molecule has 0 spiro atoms. The zero-order valence-corrected chi connectivity index (χ0v) is 16.0. The monoisotopic (exact) mass is 373 g/mol. The Balaban J connectivity index is 1.43. The number of rotatable bonds is 6. The number of nitrogens with one attached hydrogen (secondary N) is 1. The molecule has 1 aliphatic heterocycles. The minimum atomic E-state index is -3.61. The lowest BCUT2D eigenvalue weighted by atomic mass is 10.0. The number of aryl methyl sites for hydroxylation is 1. The summed E-state index contributed by atoms with van der Waals surface area (Å²) in [5, 5.41) is 8.76. The molecule has 6 heteroatoms. The molecule has 5 nitrogen and oxygen atoms in total. The number of nitrogens with zero attached hydrogens (tertiary/aromatic N) is 1. The Hall–Kier alpha value is -1.89. The molecule has 1 saturated heterocycles. The molecule has 0 atom stereocenters. The third-order valence-electron chi connectivity index (χ3n) is 4.98. The Morgan fingerprint density at radius 1 is 1.04 bits per heavy atom. The maximum atomic E-state index is 11.3. The summed E-state index contributed by atoms with van der Waals surface area (Å²) in [5.74, 6) is 0. The first-order valence-corrected chi connectivity index (χ1v) is 10.6. The molecular weight excluding hydrogens is 346 g/mol. The summed E-state index contributed by atoms with van der Waals surface area (Å²) in [4.78, 5) is 2.64.